The van der Waals surface area contributed by atoms with Crippen LogP contribution in [0.4, 0.5) is 0 Å². The van der Waals surface area contributed by atoms with Crippen molar-refractivity contribution in [3.8, 4) is 0 Å². The molecule has 0 aromatic carbocycles. The standard InChI is InChI=1S/C9H18BrNO/c1-11(5-6-12-2)8-9(7-10)3-4-9/h3-8H2,1-2H3. The minimum absolute atomic E-state index is 0.600. The first kappa shape index (κ1) is 10.5. The van der Waals surface area contributed by atoms with E-state index < -0.39 is 0 Å². The van der Waals surface area contributed by atoms with Gasteiger partial charge in [-0.25, -0.2) is 0 Å². The summed E-state index contributed by atoms with van der Waals surface area (Å²) >= 11 is 3.57. The van der Waals surface area contributed by atoms with Gasteiger partial charge in [-0.3, -0.25) is 0 Å². The van der Waals surface area contributed by atoms with Crippen molar-refractivity contribution in [1.82, 2.24) is 4.90 Å². The highest BCUT2D eigenvalue weighted by atomic mass is 79.9. The Hall–Kier alpha value is 0.400. The fourth-order valence-corrected chi connectivity index (χ4v) is 2.15. The summed E-state index contributed by atoms with van der Waals surface area (Å²) in [4.78, 5) is 2.36. The first-order chi connectivity index (χ1) is 5.72. The molecule has 12 heavy (non-hydrogen) atoms. The SMILES string of the molecule is COCCN(C)CC1(CBr)CC1. The van der Waals surface area contributed by atoms with Crippen molar-refractivity contribution in [2.24, 2.45) is 5.41 Å². The molecular weight excluding hydrogens is 218 g/mol. The lowest BCUT2D eigenvalue weighted by atomic mass is 10.1. The molecule has 3 heteroatoms. The summed E-state index contributed by atoms with van der Waals surface area (Å²) in [6.07, 6.45) is 2.77. The highest BCUT2D eigenvalue weighted by Gasteiger charge is 2.41. The normalized spacial score (nSPS) is 20.0. The first-order valence-electron chi connectivity index (χ1n) is 4.46. The van der Waals surface area contributed by atoms with Crippen molar-refractivity contribution in [2.75, 3.05) is 39.2 Å². The zero-order valence-electron chi connectivity index (χ0n) is 7.98. The monoisotopic (exact) mass is 235 g/mol. The van der Waals surface area contributed by atoms with E-state index in [-0.39, 0.29) is 0 Å². The van der Waals surface area contributed by atoms with Gasteiger partial charge in [0.1, 0.15) is 0 Å². The Bertz CT molecular complexity index is 136. The Morgan fingerprint density at radius 2 is 2.17 bits per heavy atom. The van der Waals surface area contributed by atoms with Crippen LogP contribution in [0.15, 0.2) is 0 Å². The van der Waals surface area contributed by atoms with Crippen molar-refractivity contribution < 1.29 is 4.74 Å². The van der Waals surface area contributed by atoms with E-state index in [2.05, 4.69) is 27.9 Å². The molecule has 0 aromatic rings. The summed E-state index contributed by atoms with van der Waals surface area (Å²) in [5.41, 5.74) is 0.600. The lowest BCUT2D eigenvalue weighted by Gasteiger charge is -2.21. The van der Waals surface area contributed by atoms with E-state index in [1.54, 1.807) is 7.11 Å². The fourth-order valence-electron chi connectivity index (χ4n) is 1.41. The van der Waals surface area contributed by atoms with E-state index in [1.165, 1.54) is 19.4 Å². The summed E-state index contributed by atoms with van der Waals surface area (Å²) in [7, 11) is 3.92. The number of likely N-dealkylation sites (N-methyl/N-ethyl adjacent to an activating group) is 1. The molecule has 0 saturated heterocycles. The summed E-state index contributed by atoms with van der Waals surface area (Å²) in [6, 6.07) is 0. The molecule has 1 saturated carbocycles. The van der Waals surface area contributed by atoms with E-state index in [4.69, 9.17) is 4.74 Å². The quantitative estimate of drug-likeness (QED) is 0.651. The van der Waals surface area contributed by atoms with Crippen LogP contribution in [0.25, 0.3) is 0 Å². The minimum Gasteiger partial charge on any atom is -0.383 e. The molecular formula is C9H18BrNO. The molecule has 1 aliphatic carbocycles. The van der Waals surface area contributed by atoms with Crippen molar-refractivity contribution >= 4 is 15.9 Å². The highest BCUT2D eigenvalue weighted by molar-refractivity contribution is 9.09. The predicted octanol–water partition coefficient (Wildman–Crippen LogP) is 1.74. The Balaban J connectivity index is 2.13. The molecule has 0 amide bonds. The summed E-state index contributed by atoms with van der Waals surface area (Å²) in [6.45, 7) is 3.10. The Labute approximate surface area is 83.4 Å². The van der Waals surface area contributed by atoms with E-state index in [1.807, 2.05) is 0 Å². The second-order valence-electron chi connectivity index (χ2n) is 3.86. The first-order valence-corrected chi connectivity index (χ1v) is 5.58. The van der Waals surface area contributed by atoms with Crippen molar-refractivity contribution in [3.05, 3.63) is 0 Å². The molecule has 1 aliphatic rings. The van der Waals surface area contributed by atoms with Gasteiger partial charge in [0.15, 0.2) is 0 Å². The zero-order valence-corrected chi connectivity index (χ0v) is 9.56. The van der Waals surface area contributed by atoms with Crippen LogP contribution >= 0.6 is 15.9 Å². The molecule has 0 heterocycles. The van der Waals surface area contributed by atoms with Gasteiger partial charge in [-0.15, -0.1) is 0 Å². The fraction of sp³-hybridized carbons (Fsp3) is 1.00. The third-order valence-corrected chi connectivity index (χ3v) is 3.71. The molecule has 1 rings (SSSR count). The van der Waals surface area contributed by atoms with E-state index in [0.717, 1.165) is 18.5 Å². The van der Waals surface area contributed by atoms with Crippen molar-refractivity contribution in [2.45, 2.75) is 12.8 Å². The number of methoxy groups -OCH3 is 1. The number of rotatable bonds is 6. The van der Waals surface area contributed by atoms with Crippen LogP contribution in [-0.2, 0) is 4.74 Å². The average molecular weight is 236 g/mol. The molecule has 72 valence electrons. The third-order valence-electron chi connectivity index (χ3n) is 2.52. The van der Waals surface area contributed by atoms with Gasteiger partial charge in [0.05, 0.1) is 6.61 Å². The second kappa shape index (κ2) is 4.58. The van der Waals surface area contributed by atoms with Gasteiger partial charge < -0.3 is 9.64 Å². The van der Waals surface area contributed by atoms with Crippen LogP contribution in [0, 0.1) is 5.41 Å². The smallest absolute Gasteiger partial charge is 0.0589 e. The largest absolute Gasteiger partial charge is 0.383 e. The molecule has 0 spiro atoms. The van der Waals surface area contributed by atoms with Gasteiger partial charge in [0.2, 0.25) is 0 Å². The number of hydrogen-bond acceptors (Lipinski definition) is 2. The Morgan fingerprint density at radius 3 is 2.58 bits per heavy atom. The van der Waals surface area contributed by atoms with Gasteiger partial charge in [-0.1, -0.05) is 15.9 Å². The predicted molar refractivity (Wildman–Crippen MR) is 54.8 cm³/mol. The number of hydrogen-bond donors (Lipinski definition) is 0. The van der Waals surface area contributed by atoms with Gasteiger partial charge in [0.25, 0.3) is 0 Å². The Morgan fingerprint density at radius 1 is 1.50 bits per heavy atom. The topological polar surface area (TPSA) is 12.5 Å². The van der Waals surface area contributed by atoms with E-state index >= 15 is 0 Å². The van der Waals surface area contributed by atoms with Gasteiger partial charge in [-0.2, -0.15) is 0 Å². The van der Waals surface area contributed by atoms with Gasteiger partial charge >= 0.3 is 0 Å². The molecule has 2 nitrogen and oxygen atoms in total. The molecule has 0 atom stereocenters. The lowest BCUT2D eigenvalue weighted by Crippen LogP contribution is -2.30. The number of halogens is 1. The van der Waals surface area contributed by atoms with E-state index in [9.17, 15) is 0 Å². The maximum absolute atomic E-state index is 5.03. The van der Waals surface area contributed by atoms with Gasteiger partial charge in [-0.05, 0) is 25.3 Å². The maximum atomic E-state index is 5.03. The van der Waals surface area contributed by atoms with Crippen LogP contribution in [0.2, 0.25) is 0 Å². The number of alkyl halides is 1. The summed E-state index contributed by atoms with van der Waals surface area (Å²) in [5, 5.41) is 1.15. The second-order valence-corrected chi connectivity index (χ2v) is 4.42. The maximum Gasteiger partial charge on any atom is 0.0589 e. The van der Waals surface area contributed by atoms with Gasteiger partial charge in [0, 0.05) is 25.5 Å². The number of ether oxygens (including phenoxy) is 1. The molecule has 0 N–H and O–H groups in total. The molecule has 0 aromatic heterocycles. The van der Waals surface area contributed by atoms with Crippen LogP contribution in [-0.4, -0.2) is 44.1 Å². The van der Waals surface area contributed by atoms with Crippen LogP contribution in [0.5, 0.6) is 0 Å². The van der Waals surface area contributed by atoms with Crippen molar-refractivity contribution in [1.29, 1.82) is 0 Å². The third kappa shape index (κ3) is 3.04. The average Bonchev–Trinajstić information content (AvgIpc) is 2.82. The summed E-state index contributed by atoms with van der Waals surface area (Å²) in [5.74, 6) is 0. The number of nitrogens with zero attached hydrogens (tertiary/aromatic N) is 1. The van der Waals surface area contributed by atoms with Crippen molar-refractivity contribution in [3.63, 3.8) is 0 Å². The molecule has 1 fully saturated rings. The molecule has 0 aliphatic heterocycles. The lowest BCUT2D eigenvalue weighted by molar-refractivity contribution is 0.152. The molecule has 0 radical (unpaired) electrons. The molecule has 0 unspecified atom stereocenters. The Kier molecular flexibility index (Phi) is 4.00. The highest BCUT2D eigenvalue weighted by Crippen LogP contribution is 2.47. The van der Waals surface area contributed by atoms with E-state index in [0.29, 0.717) is 5.41 Å². The zero-order chi connectivity index (χ0) is 9.03. The summed E-state index contributed by atoms with van der Waals surface area (Å²) < 4.78 is 5.03. The van der Waals surface area contributed by atoms with Crippen LogP contribution in [0.1, 0.15) is 12.8 Å². The molecule has 0 bridgehead atoms. The minimum atomic E-state index is 0.600. The van der Waals surface area contributed by atoms with Crippen LogP contribution < -0.4 is 0 Å². The van der Waals surface area contributed by atoms with Crippen LogP contribution in [0.3, 0.4) is 0 Å².